The average Bonchev–Trinajstić information content (AvgIpc) is 2.81. The van der Waals surface area contributed by atoms with Gasteiger partial charge < -0.3 is 9.80 Å². The van der Waals surface area contributed by atoms with Crippen molar-refractivity contribution in [3.63, 3.8) is 0 Å². The molecule has 16 heavy (non-hydrogen) atoms. The number of nitrogens with zero attached hydrogens (tertiary/aromatic N) is 2. The van der Waals surface area contributed by atoms with Gasteiger partial charge in [-0.15, -0.1) is 11.3 Å². The molecular weight excluding hydrogens is 224 g/mol. The van der Waals surface area contributed by atoms with E-state index in [1.165, 1.54) is 11.3 Å². The Morgan fingerprint density at radius 1 is 1.19 bits per heavy atom. The van der Waals surface area contributed by atoms with E-state index in [0.717, 1.165) is 4.88 Å². The van der Waals surface area contributed by atoms with Crippen LogP contribution in [0.4, 0.5) is 0 Å². The van der Waals surface area contributed by atoms with E-state index >= 15 is 0 Å². The molecule has 0 atom stereocenters. The molecule has 0 radical (unpaired) electrons. The van der Waals surface area contributed by atoms with Gasteiger partial charge in [0.05, 0.1) is 4.88 Å². The van der Waals surface area contributed by atoms with Gasteiger partial charge in [-0.25, -0.2) is 0 Å². The van der Waals surface area contributed by atoms with Gasteiger partial charge >= 0.3 is 0 Å². The highest BCUT2D eigenvalue weighted by Crippen LogP contribution is 2.13. The fourth-order valence-electron chi connectivity index (χ4n) is 1.78. The number of hydrogen-bond acceptors (Lipinski definition) is 3. The van der Waals surface area contributed by atoms with Crippen molar-refractivity contribution in [2.45, 2.75) is 6.92 Å². The highest BCUT2D eigenvalue weighted by atomic mass is 32.1. The molecule has 86 valence electrons. The molecule has 1 aromatic rings. The fourth-order valence-corrected chi connectivity index (χ4v) is 2.47. The Hall–Kier alpha value is -1.36. The Labute approximate surface area is 98.5 Å². The van der Waals surface area contributed by atoms with Gasteiger partial charge in [0.1, 0.15) is 0 Å². The number of thiophene rings is 1. The van der Waals surface area contributed by atoms with Gasteiger partial charge in [-0.3, -0.25) is 9.59 Å². The Morgan fingerprint density at radius 3 is 2.31 bits per heavy atom. The van der Waals surface area contributed by atoms with E-state index in [0.29, 0.717) is 26.2 Å². The third kappa shape index (κ3) is 2.24. The molecule has 2 rings (SSSR count). The first-order valence-electron chi connectivity index (χ1n) is 5.27. The number of hydrogen-bond donors (Lipinski definition) is 0. The molecule has 5 heteroatoms. The predicted octanol–water partition coefficient (Wildman–Crippen LogP) is 1.05. The van der Waals surface area contributed by atoms with Crippen LogP contribution in [0, 0.1) is 0 Å². The minimum atomic E-state index is 0.0817. The van der Waals surface area contributed by atoms with Crippen molar-refractivity contribution in [3.05, 3.63) is 22.4 Å². The monoisotopic (exact) mass is 238 g/mol. The van der Waals surface area contributed by atoms with Gasteiger partial charge in [-0.1, -0.05) is 6.07 Å². The van der Waals surface area contributed by atoms with Crippen LogP contribution in [0.1, 0.15) is 16.6 Å². The van der Waals surface area contributed by atoms with Crippen LogP contribution in [0.2, 0.25) is 0 Å². The lowest BCUT2D eigenvalue weighted by Gasteiger charge is -2.33. The third-order valence-electron chi connectivity index (χ3n) is 2.74. The zero-order valence-corrected chi connectivity index (χ0v) is 10.00. The topological polar surface area (TPSA) is 40.6 Å². The normalized spacial score (nSPS) is 16.3. The smallest absolute Gasteiger partial charge is 0.264 e. The first kappa shape index (κ1) is 11.1. The summed E-state index contributed by atoms with van der Waals surface area (Å²) in [7, 11) is 0. The number of amides is 2. The lowest BCUT2D eigenvalue weighted by Crippen LogP contribution is -2.49. The Morgan fingerprint density at radius 2 is 1.81 bits per heavy atom. The van der Waals surface area contributed by atoms with Crippen LogP contribution in [-0.4, -0.2) is 47.8 Å². The Balaban J connectivity index is 1.94. The molecule has 0 aromatic carbocycles. The zero-order chi connectivity index (χ0) is 11.5. The molecule has 1 aliphatic heterocycles. The maximum Gasteiger partial charge on any atom is 0.264 e. The molecule has 0 saturated carbocycles. The number of rotatable bonds is 1. The maximum atomic E-state index is 12.0. The SMILES string of the molecule is CC(=O)N1CCN(C(=O)c2cccs2)CC1. The molecule has 0 bridgehead atoms. The van der Waals surface area contributed by atoms with Gasteiger partial charge in [-0.2, -0.15) is 0 Å². The molecule has 0 unspecified atom stereocenters. The molecule has 0 N–H and O–H groups in total. The van der Waals surface area contributed by atoms with Crippen molar-refractivity contribution >= 4 is 23.2 Å². The van der Waals surface area contributed by atoms with Crippen molar-refractivity contribution in [2.75, 3.05) is 26.2 Å². The molecule has 1 fully saturated rings. The summed E-state index contributed by atoms with van der Waals surface area (Å²) in [6.07, 6.45) is 0. The fraction of sp³-hybridized carbons (Fsp3) is 0.455. The van der Waals surface area contributed by atoms with Crippen molar-refractivity contribution in [1.29, 1.82) is 0 Å². The highest BCUT2D eigenvalue weighted by Gasteiger charge is 2.23. The van der Waals surface area contributed by atoms with Crippen LogP contribution < -0.4 is 0 Å². The second-order valence-corrected chi connectivity index (χ2v) is 4.72. The van der Waals surface area contributed by atoms with Gasteiger partial charge in [0.2, 0.25) is 5.91 Å². The Kier molecular flexibility index (Phi) is 3.24. The second kappa shape index (κ2) is 4.65. The summed E-state index contributed by atoms with van der Waals surface area (Å²) in [6, 6.07) is 3.72. The molecule has 2 amide bonds. The standard InChI is InChI=1S/C11H14N2O2S/c1-9(14)12-4-6-13(7-5-12)11(15)10-3-2-8-16-10/h2-3,8H,4-7H2,1H3. The van der Waals surface area contributed by atoms with E-state index in [1.807, 2.05) is 22.4 Å². The summed E-state index contributed by atoms with van der Waals surface area (Å²) in [5.74, 6) is 0.168. The van der Waals surface area contributed by atoms with E-state index in [1.54, 1.807) is 11.8 Å². The quantitative estimate of drug-likeness (QED) is 0.734. The van der Waals surface area contributed by atoms with E-state index < -0.39 is 0 Å². The Bertz CT molecular complexity index is 381. The average molecular weight is 238 g/mol. The molecule has 4 nitrogen and oxygen atoms in total. The summed E-state index contributed by atoms with van der Waals surface area (Å²) in [5, 5.41) is 1.90. The van der Waals surface area contributed by atoms with E-state index in [9.17, 15) is 9.59 Å². The van der Waals surface area contributed by atoms with Crippen LogP contribution in [0.3, 0.4) is 0 Å². The molecule has 0 aliphatic carbocycles. The molecule has 1 aromatic heterocycles. The summed E-state index contributed by atoms with van der Waals surface area (Å²) in [6.45, 7) is 4.13. The number of carbonyl (C=O) groups excluding carboxylic acids is 2. The molecule has 1 saturated heterocycles. The van der Waals surface area contributed by atoms with Gasteiger partial charge in [0.25, 0.3) is 5.91 Å². The highest BCUT2D eigenvalue weighted by molar-refractivity contribution is 7.12. The minimum absolute atomic E-state index is 0.0817. The zero-order valence-electron chi connectivity index (χ0n) is 9.18. The molecule has 1 aliphatic rings. The van der Waals surface area contributed by atoms with E-state index in [4.69, 9.17) is 0 Å². The second-order valence-electron chi connectivity index (χ2n) is 3.78. The summed E-state index contributed by atoms with van der Waals surface area (Å²) >= 11 is 1.46. The molecular formula is C11H14N2O2S. The summed E-state index contributed by atoms with van der Waals surface area (Å²) in [5.41, 5.74) is 0. The third-order valence-corrected chi connectivity index (χ3v) is 3.60. The van der Waals surface area contributed by atoms with Crippen LogP contribution in [0.25, 0.3) is 0 Å². The van der Waals surface area contributed by atoms with E-state index in [-0.39, 0.29) is 11.8 Å². The van der Waals surface area contributed by atoms with Crippen LogP contribution in [0.5, 0.6) is 0 Å². The van der Waals surface area contributed by atoms with Gasteiger partial charge in [0, 0.05) is 33.1 Å². The summed E-state index contributed by atoms with van der Waals surface area (Å²) < 4.78 is 0. The number of piperazine rings is 1. The number of carbonyl (C=O) groups is 2. The van der Waals surface area contributed by atoms with E-state index in [2.05, 4.69) is 0 Å². The van der Waals surface area contributed by atoms with Crippen molar-refractivity contribution < 1.29 is 9.59 Å². The van der Waals surface area contributed by atoms with Crippen LogP contribution in [0.15, 0.2) is 17.5 Å². The van der Waals surface area contributed by atoms with Crippen LogP contribution in [-0.2, 0) is 4.79 Å². The molecule has 2 heterocycles. The van der Waals surface area contributed by atoms with Crippen molar-refractivity contribution in [3.8, 4) is 0 Å². The summed E-state index contributed by atoms with van der Waals surface area (Å²) in [4.78, 5) is 27.5. The first-order chi connectivity index (χ1) is 7.68. The first-order valence-corrected chi connectivity index (χ1v) is 6.15. The van der Waals surface area contributed by atoms with Crippen molar-refractivity contribution in [2.24, 2.45) is 0 Å². The maximum absolute atomic E-state index is 12.0. The van der Waals surface area contributed by atoms with Crippen molar-refractivity contribution in [1.82, 2.24) is 9.80 Å². The lowest BCUT2D eigenvalue weighted by atomic mass is 10.3. The lowest BCUT2D eigenvalue weighted by molar-refractivity contribution is -0.130. The van der Waals surface area contributed by atoms with Crippen LogP contribution >= 0.6 is 11.3 Å². The minimum Gasteiger partial charge on any atom is -0.339 e. The van der Waals surface area contributed by atoms with Gasteiger partial charge in [-0.05, 0) is 11.4 Å². The molecule has 0 spiro atoms. The van der Waals surface area contributed by atoms with Gasteiger partial charge in [0.15, 0.2) is 0 Å². The largest absolute Gasteiger partial charge is 0.339 e. The predicted molar refractivity (Wildman–Crippen MR) is 62.5 cm³/mol.